The molecule has 12 nitrogen and oxygen atoms in total. The number of ether oxygens (including phenoxy) is 5. The quantitative estimate of drug-likeness (QED) is 0.0880. The van der Waals surface area contributed by atoms with E-state index >= 15 is 0 Å². The van der Waals surface area contributed by atoms with Gasteiger partial charge in [0.2, 0.25) is 0 Å². The number of esters is 2. The Hall–Kier alpha value is -4.51. The molecule has 1 saturated heterocycles. The number of nitrogens with zero attached hydrogens (tertiary/aromatic N) is 3. The van der Waals surface area contributed by atoms with Crippen molar-refractivity contribution in [2.24, 2.45) is 5.92 Å². The monoisotopic (exact) mass is 789 g/mol. The summed E-state index contributed by atoms with van der Waals surface area (Å²) in [6, 6.07) is 13.8. The van der Waals surface area contributed by atoms with Crippen LogP contribution in [-0.2, 0) is 30.2 Å². The summed E-state index contributed by atoms with van der Waals surface area (Å²) >= 11 is 1.06. The Labute approximate surface area is 334 Å². The Morgan fingerprint density at radius 1 is 1.00 bits per heavy atom. The van der Waals surface area contributed by atoms with Gasteiger partial charge in [-0.25, -0.2) is 9.78 Å². The molecule has 5 rings (SSSR count). The van der Waals surface area contributed by atoms with Crippen LogP contribution in [-0.4, -0.2) is 91.2 Å². The van der Waals surface area contributed by atoms with E-state index < -0.39 is 5.97 Å². The summed E-state index contributed by atoms with van der Waals surface area (Å²) in [6.07, 6.45) is 8.90. The van der Waals surface area contributed by atoms with E-state index in [1.807, 2.05) is 13.8 Å². The number of methoxy groups -OCH3 is 1. The van der Waals surface area contributed by atoms with Crippen LogP contribution in [0.15, 0.2) is 36.4 Å². The van der Waals surface area contributed by atoms with Crippen molar-refractivity contribution < 1.29 is 43.2 Å². The Morgan fingerprint density at radius 3 is 2.54 bits per heavy atom. The van der Waals surface area contributed by atoms with Crippen molar-refractivity contribution in [3.05, 3.63) is 63.7 Å². The molecular weight excluding hydrogens is 735 g/mol. The zero-order valence-electron chi connectivity index (χ0n) is 33.1. The van der Waals surface area contributed by atoms with Crippen molar-refractivity contribution in [2.75, 3.05) is 40.0 Å². The summed E-state index contributed by atoms with van der Waals surface area (Å²) in [5.74, 6) is -0.334. The molecular formula is C43H55N3O9S. The summed E-state index contributed by atoms with van der Waals surface area (Å²) < 4.78 is 29.1. The van der Waals surface area contributed by atoms with Gasteiger partial charge in [0.1, 0.15) is 33.6 Å². The molecule has 1 N–H and O–H groups in total. The van der Waals surface area contributed by atoms with Gasteiger partial charge in [0, 0.05) is 43.5 Å². The van der Waals surface area contributed by atoms with Gasteiger partial charge >= 0.3 is 17.9 Å². The van der Waals surface area contributed by atoms with Crippen LogP contribution in [0.25, 0.3) is 10.6 Å². The van der Waals surface area contributed by atoms with Gasteiger partial charge in [0.25, 0.3) is 0 Å². The van der Waals surface area contributed by atoms with Crippen molar-refractivity contribution >= 4 is 29.2 Å². The second-order valence-electron chi connectivity index (χ2n) is 14.9. The van der Waals surface area contributed by atoms with E-state index in [0.717, 1.165) is 67.8 Å². The third kappa shape index (κ3) is 12.2. The molecule has 13 heteroatoms. The maximum atomic E-state index is 12.7. The molecule has 56 heavy (non-hydrogen) atoms. The molecule has 2 aliphatic rings. The largest absolute Gasteiger partial charge is 0.496 e. The SMILES string of the molecule is COc1cc(CCO[C@@H]2CCCC[C@H]2N2CC[C@@H](OC(=O)CCCCCC(=O)OCC(C)COc3ccc(-c4nc(C)c(C(=O)O)s4)cc3C#N)C2)ccc1C. The molecule has 1 aliphatic heterocycles. The number of aromatic nitrogens is 1. The lowest BCUT2D eigenvalue weighted by molar-refractivity contribution is -0.148. The van der Waals surface area contributed by atoms with Crippen LogP contribution in [0.3, 0.4) is 0 Å². The fourth-order valence-electron chi connectivity index (χ4n) is 7.33. The standard InChI is InChI=1S/C43H55N3O9S/c1-28(26-53-36-17-16-32(23-33(36)24-44)42-45-30(3)41(56-42)43(49)50)27-54-39(47)12-6-5-7-13-40(48)55-34-18-20-46(25-34)35-10-8-9-11-37(35)52-21-19-31-15-14-29(2)38(22-31)51-4/h14-17,22-23,28,34-35,37H,5-13,18-21,25-27H2,1-4H3,(H,49,50)/t28?,34-,35-,37-/m1/s1. The fraction of sp³-hybridized carbons (Fsp3) is 0.558. The minimum atomic E-state index is -1.03. The van der Waals surface area contributed by atoms with Crippen LogP contribution < -0.4 is 9.47 Å². The molecule has 2 aromatic carbocycles. The summed E-state index contributed by atoms with van der Waals surface area (Å²) in [5, 5.41) is 19.5. The number of likely N-dealkylation sites (tertiary alicyclic amines) is 1. The number of carboxylic acids is 1. The molecule has 2 heterocycles. The molecule has 4 atom stereocenters. The van der Waals surface area contributed by atoms with E-state index in [1.165, 1.54) is 18.4 Å². The van der Waals surface area contributed by atoms with E-state index in [0.29, 0.717) is 59.5 Å². The maximum absolute atomic E-state index is 12.7. The lowest BCUT2D eigenvalue weighted by atomic mass is 9.91. The van der Waals surface area contributed by atoms with Crippen molar-refractivity contribution in [2.45, 2.75) is 110 Å². The number of thiazole rings is 1. The molecule has 2 fully saturated rings. The minimum Gasteiger partial charge on any atom is -0.496 e. The number of benzene rings is 2. The number of aryl methyl sites for hydroxylation is 2. The molecule has 3 aromatic rings. The summed E-state index contributed by atoms with van der Waals surface area (Å²) in [4.78, 5) is 43.4. The van der Waals surface area contributed by atoms with Gasteiger partial charge in [-0.15, -0.1) is 11.3 Å². The molecule has 1 aliphatic carbocycles. The first-order valence-corrected chi connectivity index (χ1v) is 20.6. The predicted molar refractivity (Wildman–Crippen MR) is 212 cm³/mol. The average molecular weight is 790 g/mol. The van der Waals surface area contributed by atoms with E-state index in [1.54, 1.807) is 32.2 Å². The number of unbranched alkanes of at least 4 members (excludes halogenated alkanes) is 2. The number of hydrogen-bond donors (Lipinski definition) is 1. The second kappa shape index (κ2) is 21.1. The first-order valence-electron chi connectivity index (χ1n) is 19.8. The Morgan fingerprint density at radius 2 is 1.79 bits per heavy atom. The number of carbonyl (C=O) groups excluding carboxylic acids is 2. The normalized spacial score (nSPS) is 18.9. The predicted octanol–water partition coefficient (Wildman–Crippen LogP) is 7.70. The lowest BCUT2D eigenvalue weighted by Gasteiger charge is -2.37. The topological polar surface area (TPSA) is 158 Å². The number of rotatable bonds is 20. The van der Waals surface area contributed by atoms with Gasteiger partial charge in [-0.3, -0.25) is 14.5 Å². The third-order valence-corrected chi connectivity index (χ3v) is 11.7. The van der Waals surface area contributed by atoms with Crippen LogP contribution in [0.4, 0.5) is 0 Å². The van der Waals surface area contributed by atoms with Gasteiger partial charge in [0.05, 0.1) is 44.3 Å². The van der Waals surface area contributed by atoms with E-state index in [4.69, 9.17) is 23.7 Å². The van der Waals surface area contributed by atoms with Crippen LogP contribution in [0.1, 0.15) is 103 Å². The maximum Gasteiger partial charge on any atom is 0.347 e. The minimum absolute atomic E-state index is 0.0984. The number of aromatic carboxylic acids is 1. The number of carboxylic acid groups (broad SMARTS) is 1. The first kappa shape index (κ1) is 42.6. The molecule has 0 radical (unpaired) electrons. The highest BCUT2D eigenvalue weighted by Gasteiger charge is 2.36. The molecule has 1 aromatic heterocycles. The van der Waals surface area contributed by atoms with Gasteiger partial charge in [-0.2, -0.15) is 5.26 Å². The van der Waals surface area contributed by atoms with Crippen molar-refractivity contribution in [3.63, 3.8) is 0 Å². The summed E-state index contributed by atoms with van der Waals surface area (Å²) in [5.41, 5.74) is 3.70. The molecule has 0 bridgehead atoms. The molecule has 302 valence electrons. The highest BCUT2D eigenvalue weighted by atomic mass is 32.1. The van der Waals surface area contributed by atoms with Gasteiger partial charge < -0.3 is 28.8 Å². The highest BCUT2D eigenvalue weighted by molar-refractivity contribution is 7.17. The fourth-order valence-corrected chi connectivity index (χ4v) is 8.23. The van der Waals surface area contributed by atoms with Crippen LogP contribution >= 0.6 is 11.3 Å². The van der Waals surface area contributed by atoms with E-state index in [2.05, 4.69) is 34.2 Å². The number of nitriles is 1. The smallest absolute Gasteiger partial charge is 0.347 e. The lowest BCUT2D eigenvalue weighted by Crippen LogP contribution is -2.46. The highest BCUT2D eigenvalue weighted by Crippen LogP contribution is 2.32. The average Bonchev–Trinajstić information content (AvgIpc) is 3.83. The molecule has 0 amide bonds. The Kier molecular flexibility index (Phi) is 16.1. The Balaban J connectivity index is 0.927. The zero-order chi connectivity index (χ0) is 40.0. The third-order valence-electron chi connectivity index (χ3n) is 10.5. The Bertz CT molecular complexity index is 1840. The van der Waals surface area contributed by atoms with E-state index in [9.17, 15) is 24.8 Å². The molecule has 0 spiro atoms. The summed E-state index contributed by atoms with van der Waals surface area (Å²) in [7, 11) is 1.70. The molecule has 1 saturated carbocycles. The second-order valence-corrected chi connectivity index (χ2v) is 15.9. The van der Waals surface area contributed by atoms with Gasteiger partial charge in [0.15, 0.2) is 0 Å². The van der Waals surface area contributed by atoms with Gasteiger partial charge in [-0.1, -0.05) is 38.3 Å². The van der Waals surface area contributed by atoms with Crippen LogP contribution in [0.5, 0.6) is 11.5 Å². The summed E-state index contributed by atoms with van der Waals surface area (Å²) in [6.45, 7) is 8.31. The van der Waals surface area contributed by atoms with Crippen molar-refractivity contribution in [3.8, 4) is 28.1 Å². The van der Waals surface area contributed by atoms with Crippen molar-refractivity contribution in [1.29, 1.82) is 5.26 Å². The van der Waals surface area contributed by atoms with Crippen LogP contribution in [0.2, 0.25) is 0 Å². The first-order chi connectivity index (χ1) is 27.0. The number of hydrogen-bond acceptors (Lipinski definition) is 12. The molecule has 1 unspecified atom stereocenters. The van der Waals surface area contributed by atoms with Crippen molar-refractivity contribution in [1.82, 2.24) is 9.88 Å². The van der Waals surface area contributed by atoms with Crippen LogP contribution in [0, 0.1) is 31.1 Å². The zero-order valence-corrected chi connectivity index (χ0v) is 33.9. The van der Waals surface area contributed by atoms with E-state index in [-0.39, 0.29) is 54.6 Å². The number of carbonyl (C=O) groups is 3. The van der Waals surface area contributed by atoms with Gasteiger partial charge in [-0.05, 0) is 87.8 Å².